The van der Waals surface area contributed by atoms with Crippen molar-refractivity contribution >= 4 is 0 Å². The molecule has 80 valence electrons. The molecule has 0 aliphatic carbocycles. The molecular weight excluding hydrogens is 196 g/mol. The molecule has 2 heteroatoms. The van der Waals surface area contributed by atoms with E-state index < -0.39 is 0 Å². The average Bonchev–Trinajstić information content (AvgIpc) is 2.32. The van der Waals surface area contributed by atoms with Crippen LogP contribution in [0.3, 0.4) is 0 Å². The number of aromatic nitrogens is 2. The van der Waals surface area contributed by atoms with Crippen LogP contribution in [0.4, 0.5) is 0 Å². The van der Waals surface area contributed by atoms with E-state index in [2.05, 4.69) is 57.9 Å². The second-order valence-corrected chi connectivity index (χ2v) is 4.27. The normalized spacial score (nSPS) is 14.5. The van der Waals surface area contributed by atoms with Gasteiger partial charge in [0.1, 0.15) is 0 Å². The van der Waals surface area contributed by atoms with Crippen LogP contribution in [-0.2, 0) is 25.9 Å². The fourth-order valence-electron chi connectivity index (χ4n) is 2.38. The third-order valence-corrected chi connectivity index (χ3v) is 3.29. The quantitative estimate of drug-likeness (QED) is 0.577. The lowest BCUT2D eigenvalue weighted by Gasteiger charge is -2.08. The summed E-state index contributed by atoms with van der Waals surface area (Å²) in [6, 6.07) is 12.9. The summed E-state index contributed by atoms with van der Waals surface area (Å²) in [5.74, 6) is 0. The van der Waals surface area contributed by atoms with Crippen molar-refractivity contribution in [3.63, 3.8) is 0 Å². The highest BCUT2D eigenvalue weighted by Gasteiger charge is 2.19. The predicted molar refractivity (Wildman–Crippen MR) is 60.7 cm³/mol. The molecule has 0 atom stereocenters. The Hall–Kier alpha value is -1.70. The molecule has 0 saturated carbocycles. The molecule has 0 spiro atoms. The van der Waals surface area contributed by atoms with Gasteiger partial charge >= 0.3 is 0 Å². The fraction of sp³-hybridized carbons (Fsp3) is 0.286. The first-order valence-electron chi connectivity index (χ1n) is 5.88. The molecule has 0 bridgehead atoms. The Morgan fingerprint density at radius 1 is 0.688 bits per heavy atom. The van der Waals surface area contributed by atoms with Gasteiger partial charge in [0.2, 0.25) is 0 Å². The first kappa shape index (κ1) is 9.52. The standard InChI is InChI=1S/C14H16N2/c1-3-9-15-12-8-14-6-2-4-10-16(14)11-7-13(15)5-1/h1-6,9-10H,7-8,11-12H2/q+2. The number of rotatable bonds is 0. The first-order chi connectivity index (χ1) is 7.93. The van der Waals surface area contributed by atoms with Gasteiger partial charge in [-0.2, -0.15) is 0 Å². The SMILES string of the molecule is c1cc[n+]2c(c1)CC[n+]1ccccc1CC2. The van der Waals surface area contributed by atoms with Crippen molar-refractivity contribution in [1.82, 2.24) is 0 Å². The Balaban J connectivity index is 1.97. The maximum absolute atomic E-state index is 2.37. The molecule has 0 N–H and O–H groups in total. The number of nitrogens with zero attached hydrogens (tertiary/aromatic N) is 2. The van der Waals surface area contributed by atoms with E-state index >= 15 is 0 Å². The summed E-state index contributed by atoms with van der Waals surface area (Å²) in [4.78, 5) is 0. The Bertz CT molecular complexity index is 412. The van der Waals surface area contributed by atoms with Crippen molar-refractivity contribution in [2.45, 2.75) is 25.9 Å². The molecule has 3 heterocycles. The zero-order chi connectivity index (χ0) is 10.8. The van der Waals surface area contributed by atoms with Crippen LogP contribution in [0.25, 0.3) is 0 Å². The number of aryl methyl sites for hydroxylation is 4. The van der Waals surface area contributed by atoms with Gasteiger partial charge in [0.05, 0.1) is 12.8 Å². The minimum atomic E-state index is 1.08. The molecule has 0 amide bonds. The smallest absolute Gasteiger partial charge is 0.187 e. The zero-order valence-corrected chi connectivity index (χ0v) is 9.34. The van der Waals surface area contributed by atoms with E-state index in [4.69, 9.17) is 0 Å². The lowest BCUT2D eigenvalue weighted by molar-refractivity contribution is -0.740. The third kappa shape index (κ3) is 1.71. The summed E-state index contributed by atoms with van der Waals surface area (Å²) in [7, 11) is 0. The molecule has 16 heavy (non-hydrogen) atoms. The van der Waals surface area contributed by atoms with Crippen LogP contribution < -0.4 is 9.13 Å². The van der Waals surface area contributed by atoms with Crippen molar-refractivity contribution < 1.29 is 9.13 Å². The van der Waals surface area contributed by atoms with Crippen LogP contribution in [0.5, 0.6) is 0 Å². The first-order valence-corrected chi connectivity index (χ1v) is 5.88. The molecule has 0 fully saturated rings. The maximum Gasteiger partial charge on any atom is 0.187 e. The van der Waals surface area contributed by atoms with Crippen molar-refractivity contribution in [3.05, 3.63) is 60.2 Å². The van der Waals surface area contributed by atoms with E-state index in [1.165, 1.54) is 11.4 Å². The molecule has 2 nitrogen and oxygen atoms in total. The fourth-order valence-corrected chi connectivity index (χ4v) is 2.38. The van der Waals surface area contributed by atoms with Gasteiger partial charge in [-0.05, 0) is 0 Å². The van der Waals surface area contributed by atoms with Crippen molar-refractivity contribution in [2.75, 3.05) is 0 Å². The second kappa shape index (κ2) is 4.05. The second-order valence-electron chi connectivity index (χ2n) is 4.27. The Morgan fingerprint density at radius 3 is 1.69 bits per heavy atom. The van der Waals surface area contributed by atoms with Gasteiger partial charge in [-0.15, -0.1) is 0 Å². The molecule has 2 aromatic rings. The molecule has 0 radical (unpaired) electrons. The topological polar surface area (TPSA) is 7.76 Å². The molecule has 0 unspecified atom stereocenters. The average molecular weight is 212 g/mol. The predicted octanol–water partition coefficient (Wildman–Crippen LogP) is 1.06. The van der Waals surface area contributed by atoms with Crippen LogP contribution in [0, 0.1) is 0 Å². The van der Waals surface area contributed by atoms with Gasteiger partial charge in [0, 0.05) is 24.3 Å². The minimum Gasteiger partial charge on any atom is -0.202 e. The highest BCUT2D eigenvalue weighted by atomic mass is 15.0. The van der Waals surface area contributed by atoms with Gasteiger partial charge in [-0.3, -0.25) is 0 Å². The van der Waals surface area contributed by atoms with Gasteiger partial charge < -0.3 is 0 Å². The maximum atomic E-state index is 2.37. The summed E-state index contributed by atoms with van der Waals surface area (Å²) in [5, 5.41) is 0. The molecule has 3 rings (SSSR count). The van der Waals surface area contributed by atoms with Gasteiger partial charge in [-0.25, -0.2) is 9.13 Å². The highest BCUT2D eigenvalue weighted by molar-refractivity contribution is 5.00. The van der Waals surface area contributed by atoms with Crippen LogP contribution in [-0.4, -0.2) is 0 Å². The largest absolute Gasteiger partial charge is 0.202 e. The molecule has 1 aliphatic heterocycles. The van der Waals surface area contributed by atoms with Crippen LogP contribution in [0.1, 0.15) is 11.4 Å². The van der Waals surface area contributed by atoms with Crippen LogP contribution in [0.2, 0.25) is 0 Å². The van der Waals surface area contributed by atoms with Crippen molar-refractivity contribution in [3.8, 4) is 0 Å². The summed E-state index contributed by atoms with van der Waals surface area (Å²) in [5.41, 5.74) is 2.87. The lowest BCUT2D eigenvalue weighted by atomic mass is 10.1. The van der Waals surface area contributed by atoms with Crippen molar-refractivity contribution in [2.24, 2.45) is 0 Å². The molecule has 1 aliphatic rings. The summed E-state index contributed by atoms with van der Waals surface area (Å²) >= 11 is 0. The van der Waals surface area contributed by atoms with Crippen molar-refractivity contribution in [1.29, 1.82) is 0 Å². The van der Waals surface area contributed by atoms with Gasteiger partial charge in [0.15, 0.2) is 36.9 Å². The molecular formula is C14H16N2+2. The summed E-state index contributed by atoms with van der Waals surface area (Å²) in [6.07, 6.45) is 6.60. The Kier molecular flexibility index (Phi) is 2.41. The van der Waals surface area contributed by atoms with Gasteiger partial charge in [-0.1, -0.05) is 12.1 Å². The Labute approximate surface area is 95.8 Å². The number of hydrogen-bond donors (Lipinski definition) is 0. The lowest BCUT2D eigenvalue weighted by Crippen LogP contribution is -2.48. The van der Waals surface area contributed by atoms with Crippen LogP contribution in [0.15, 0.2) is 48.8 Å². The van der Waals surface area contributed by atoms with E-state index in [0.717, 1.165) is 25.9 Å². The monoisotopic (exact) mass is 212 g/mol. The Morgan fingerprint density at radius 2 is 1.19 bits per heavy atom. The number of hydrogen-bond acceptors (Lipinski definition) is 0. The zero-order valence-electron chi connectivity index (χ0n) is 9.34. The van der Waals surface area contributed by atoms with Gasteiger partial charge in [0.25, 0.3) is 0 Å². The number of pyridine rings is 2. The van der Waals surface area contributed by atoms with E-state index in [1.807, 2.05) is 0 Å². The summed E-state index contributed by atoms with van der Waals surface area (Å²) in [6.45, 7) is 2.17. The van der Waals surface area contributed by atoms with E-state index in [9.17, 15) is 0 Å². The van der Waals surface area contributed by atoms with E-state index in [-0.39, 0.29) is 0 Å². The molecule has 0 saturated heterocycles. The third-order valence-electron chi connectivity index (χ3n) is 3.29. The molecule has 0 aromatic carbocycles. The van der Waals surface area contributed by atoms with E-state index in [1.54, 1.807) is 0 Å². The molecule has 2 aromatic heterocycles. The highest BCUT2D eigenvalue weighted by Crippen LogP contribution is 2.01. The van der Waals surface area contributed by atoms with Crippen LogP contribution >= 0.6 is 0 Å². The van der Waals surface area contributed by atoms with E-state index in [0.29, 0.717) is 0 Å². The number of fused-ring (bicyclic) bond motifs is 2. The minimum absolute atomic E-state index is 1.08. The summed E-state index contributed by atoms with van der Waals surface area (Å²) < 4.78 is 4.74.